The van der Waals surface area contributed by atoms with Crippen LogP contribution in [-0.4, -0.2) is 21.3 Å². The van der Waals surface area contributed by atoms with Crippen LogP contribution in [0.15, 0.2) is 88.3 Å². The van der Waals surface area contributed by atoms with Crippen LogP contribution in [0, 0.1) is 0 Å². The Morgan fingerprint density at radius 2 is 1.64 bits per heavy atom. The molecule has 0 bridgehead atoms. The number of hydrogen-bond acceptors (Lipinski definition) is 5. The third kappa shape index (κ3) is 3.91. The molecule has 0 aliphatic carbocycles. The molecule has 0 saturated carbocycles. The summed E-state index contributed by atoms with van der Waals surface area (Å²) in [6.45, 7) is 4.66. The molecule has 0 atom stereocenters. The largest absolute Gasteiger partial charge is 0.494 e. The van der Waals surface area contributed by atoms with Gasteiger partial charge >= 0.3 is 0 Å². The Bertz CT molecular complexity index is 1470. The summed E-state index contributed by atoms with van der Waals surface area (Å²) in [5, 5.41) is 5.54. The maximum atomic E-state index is 13.3. The molecule has 0 unspecified atom stereocenters. The van der Waals surface area contributed by atoms with Crippen LogP contribution in [0.1, 0.15) is 19.4 Å². The number of benzene rings is 3. The highest BCUT2D eigenvalue weighted by Gasteiger charge is 2.17. The van der Waals surface area contributed by atoms with Gasteiger partial charge in [-0.25, -0.2) is 0 Å². The molecule has 0 spiro atoms. The van der Waals surface area contributed by atoms with Crippen molar-refractivity contribution in [1.29, 1.82) is 0 Å². The van der Waals surface area contributed by atoms with Crippen molar-refractivity contribution in [2.45, 2.75) is 20.3 Å². The van der Waals surface area contributed by atoms with E-state index < -0.39 is 0 Å². The molecular weight excluding hydrogens is 414 g/mol. The van der Waals surface area contributed by atoms with Gasteiger partial charge in [-0.1, -0.05) is 42.4 Å². The van der Waals surface area contributed by atoms with Gasteiger partial charge in [0.2, 0.25) is 5.82 Å². The van der Waals surface area contributed by atoms with Gasteiger partial charge < -0.3 is 9.26 Å². The first-order chi connectivity index (χ1) is 16.2. The van der Waals surface area contributed by atoms with Crippen LogP contribution in [0.5, 0.6) is 5.75 Å². The summed E-state index contributed by atoms with van der Waals surface area (Å²) in [4.78, 5) is 17.9. The number of aryl methyl sites for hydroxylation is 1. The molecule has 6 nitrogen and oxygen atoms in total. The Balaban J connectivity index is 1.62. The van der Waals surface area contributed by atoms with Gasteiger partial charge in [-0.3, -0.25) is 9.36 Å². The molecule has 2 aromatic heterocycles. The normalized spacial score (nSPS) is 11.1. The molecule has 5 aromatic rings. The summed E-state index contributed by atoms with van der Waals surface area (Å²) < 4.78 is 12.8. The summed E-state index contributed by atoms with van der Waals surface area (Å²) in [6.07, 6.45) is 2.72. The molecule has 164 valence electrons. The van der Waals surface area contributed by atoms with Crippen molar-refractivity contribution in [3.63, 3.8) is 0 Å². The number of hydrogen-bond donors (Lipinski definition) is 0. The average molecular weight is 437 g/mol. The van der Waals surface area contributed by atoms with Crippen LogP contribution in [0.25, 0.3) is 39.3 Å². The van der Waals surface area contributed by atoms with Crippen LogP contribution in [0.4, 0.5) is 0 Å². The van der Waals surface area contributed by atoms with Crippen LogP contribution < -0.4 is 10.3 Å². The lowest BCUT2D eigenvalue weighted by atomic mass is 10.1. The predicted octanol–water partition coefficient (Wildman–Crippen LogP) is 5.67. The molecule has 0 amide bonds. The Labute approximate surface area is 191 Å². The standard InChI is InChI=1S/C27H23N3O3/c1-3-18-9-13-20(14-10-18)30-17-24(22-7-5-6-8-23(22)27(30)31)26-28-25(29-33-26)19-11-15-21(16-12-19)32-4-2/h5-17H,3-4H2,1-2H3. The third-order valence-corrected chi connectivity index (χ3v) is 5.63. The van der Waals surface area contributed by atoms with E-state index in [1.54, 1.807) is 10.8 Å². The lowest BCUT2D eigenvalue weighted by Crippen LogP contribution is -2.18. The van der Waals surface area contributed by atoms with Gasteiger partial charge in [0, 0.05) is 28.2 Å². The summed E-state index contributed by atoms with van der Waals surface area (Å²) in [7, 11) is 0. The van der Waals surface area contributed by atoms with Crippen molar-refractivity contribution in [2.75, 3.05) is 6.61 Å². The van der Waals surface area contributed by atoms with E-state index in [4.69, 9.17) is 9.26 Å². The smallest absolute Gasteiger partial charge is 0.262 e. The van der Waals surface area contributed by atoms with Gasteiger partial charge in [0.05, 0.1) is 12.2 Å². The Morgan fingerprint density at radius 1 is 0.909 bits per heavy atom. The van der Waals surface area contributed by atoms with Crippen molar-refractivity contribution in [3.8, 4) is 34.3 Å². The Kier molecular flexibility index (Phi) is 5.48. The molecule has 5 rings (SSSR count). The summed E-state index contributed by atoms with van der Waals surface area (Å²) in [5.74, 6) is 1.62. The van der Waals surface area contributed by atoms with Crippen molar-refractivity contribution < 1.29 is 9.26 Å². The molecule has 0 N–H and O–H groups in total. The zero-order valence-corrected chi connectivity index (χ0v) is 18.5. The topological polar surface area (TPSA) is 70.2 Å². The second-order valence-corrected chi connectivity index (χ2v) is 7.66. The minimum Gasteiger partial charge on any atom is -0.494 e. The summed E-state index contributed by atoms with van der Waals surface area (Å²) >= 11 is 0. The van der Waals surface area contributed by atoms with Gasteiger partial charge in [-0.05, 0) is 61.4 Å². The summed E-state index contributed by atoms with van der Waals surface area (Å²) in [5.41, 5.74) is 3.43. The second kappa shape index (κ2) is 8.74. The highest BCUT2D eigenvalue weighted by molar-refractivity contribution is 5.94. The zero-order chi connectivity index (χ0) is 22.8. The highest BCUT2D eigenvalue weighted by atomic mass is 16.5. The molecule has 33 heavy (non-hydrogen) atoms. The van der Waals surface area contributed by atoms with E-state index in [9.17, 15) is 4.79 Å². The maximum absolute atomic E-state index is 13.3. The Morgan fingerprint density at radius 3 is 2.33 bits per heavy atom. The van der Waals surface area contributed by atoms with Crippen LogP contribution in [0.3, 0.4) is 0 Å². The lowest BCUT2D eigenvalue weighted by Gasteiger charge is -2.11. The first-order valence-electron chi connectivity index (χ1n) is 11.0. The van der Waals surface area contributed by atoms with E-state index in [2.05, 4.69) is 17.1 Å². The zero-order valence-electron chi connectivity index (χ0n) is 18.5. The molecule has 6 heteroatoms. The molecule has 3 aromatic carbocycles. The molecule has 0 aliphatic heterocycles. The van der Waals surface area contributed by atoms with Crippen LogP contribution in [-0.2, 0) is 6.42 Å². The number of aromatic nitrogens is 3. The number of rotatable bonds is 6. The number of ether oxygens (including phenoxy) is 1. The minimum atomic E-state index is -0.0927. The molecule has 0 aliphatic rings. The van der Waals surface area contributed by atoms with Crippen molar-refractivity contribution in [1.82, 2.24) is 14.7 Å². The van der Waals surface area contributed by atoms with E-state index in [-0.39, 0.29) is 5.56 Å². The van der Waals surface area contributed by atoms with Gasteiger partial charge in [0.15, 0.2) is 0 Å². The molecule has 0 radical (unpaired) electrons. The Hall–Kier alpha value is -4.19. The minimum absolute atomic E-state index is 0.0927. The maximum Gasteiger partial charge on any atom is 0.262 e. The monoisotopic (exact) mass is 437 g/mol. The fraction of sp³-hybridized carbons (Fsp3) is 0.148. The fourth-order valence-electron chi connectivity index (χ4n) is 3.86. The van der Waals surface area contributed by atoms with E-state index in [1.165, 1.54) is 5.56 Å². The number of pyridine rings is 1. The van der Waals surface area contributed by atoms with E-state index in [1.807, 2.05) is 79.7 Å². The van der Waals surface area contributed by atoms with Gasteiger partial charge in [-0.2, -0.15) is 4.98 Å². The first kappa shape index (κ1) is 20.7. The van der Waals surface area contributed by atoms with Gasteiger partial charge in [0.25, 0.3) is 11.4 Å². The van der Waals surface area contributed by atoms with Crippen molar-refractivity contribution >= 4 is 10.8 Å². The van der Waals surface area contributed by atoms with Gasteiger partial charge in [0.1, 0.15) is 5.75 Å². The van der Waals surface area contributed by atoms with Crippen LogP contribution in [0.2, 0.25) is 0 Å². The van der Waals surface area contributed by atoms with Gasteiger partial charge in [-0.15, -0.1) is 0 Å². The van der Waals surface area contributed by atoms with E-state index in [0.717, 1.165) is 28.8 Å². The number of fused-ring (bicyclic) bond motifs is 1. The lowest BCUT2D eigenvalue weighted by molar-refractivity contribution is 0.340. The second-order valence-electron chi connectivity index (χ2n) is 7.66. The predicted molar refractivity (Wildman–Crippen MR) is 129 cm³/mol. The quantitative estimate of drug-likeness (QED) is 0.342. The molecule has 2 heterocycles. The van der Waals surface area contributed by atoms with Crippen molar-refractivity contribution in [3.05, 3.63) is 94.9 Å². The van der Waals surface area contributed by atoms with E-state index in [0.29, 0.717) is 29.3 Å². The SMILES string of the molecule is CCOc1ccc(-c2noc(-c3cn(-c4ccc(CC)cc4)c(=O)c4ccccc34)n2)cc1. The third-order valence-electron chi connectivity index (χ3n) is 5.63. The van der Waals surface area contributed by atoms with Crippen molar-refractivity contribution in [2.24, 2.45) is 0 Å². The first-order valence-corrected chi connectivity index (χ1v) is 11.0. The summed E-state index contributed by atoms with van der Waals surface area (Å²) in [6, 6.07) is 23.0. The number of nitrogens with zero attached hydrogens (tertiary/aromatic N) is 3. The molecule has 0 saturated heterocycles. The fourth-order valence-corrected chi connectivity index (χ4v) is 3.86. The average Bonchev–Trinajstić information content (AvgIpc) is 3.35. The molecule has 0 fully saturated rings. The van der Waals surface area contributed by atoms with E-state index >= 15 is 0 Å². The highest BCUT2D eigenvalue weighted by Crippen LogP contribution is 2.29. The molecular formula is C27H23N3O3. The van der Waals surface area contributed by atoms with Crippen LogP contribution >= 0.6 is 0 Å².